The molecule has 3 N–H and O–H groups in total. The van der Waals surface area contributed by atoms with E-state index in [1.807, 2.05) is 54.6 Å². The van der Waals surface area contributed by atoms with Gasteiger partial charge in [-0.2, -0.15) is 0 Å². The lowest BCUT2D eigenvalue weighted by Crippen LogP contribution is -2.24. The van der Waals surface area contributed by atoms with Gasteiger partial charge in [-0.1, -0.05) is 55.8 Å². The van der Waals surface area contributed by atoms with Crippen molar-refractivity contribution < 1.29 is 14.3 Å². The second kappa shape index (κ2) is 12.2. The molecular formula is C26H29N3O3. The molecule has 0 spiro atoms. The second-order valence-electron chi connectivity index (χ2n) is 7.38. The molecule has 0 saturated heterocycles. The first kappa shape index (κ1) is 22.9. The smallest absolute Gasteiger partial charge is 0.251 e. The molecule has 0 heterocycles. The number of anilines is 2. The highest BCUT2D eigenvalue weighted by atomic mass is 16.5. The fraction of sp³-hybridized carbons (Fsp3) is 0.231. The summed E-state index contributed by atoms with van der Waals surface area (Å²) in [6, 6.07) is 24.2. The Bertz CT molecular complexity index is 1020. The molecule has 32 heavy (non-hydrogen) atoms. The number of rotatable bonds is 11. The normalized spacial score (nSPS) is 10.3. The molecule has 0 radical (unpaired) electrons. The summed E-state index contributed by atoms with van der Waals surface area (Å²) in [6.07, 6.45) is 2.08. The summed E-state index contributed by atoms with van der Waals surface area (Å²) in [7, 11) is 0. The van der Waals surface area contributed by atoms with Crippen LogP contribution in [0.15, 0.2) is 78.9 Å². The fourth-order valence-corrected chi connectivity index (χ4v) is 3.04. The summed E-state index contributed by atoms with van der Waals surface area (Å²) < 4.78 is 5.69. The molecule has 0 saturated carbocycles. The van der Waals surface area contributed by atoms with Crippen molar-refractivity contribution in [1.29, 1.82) is 0 Å². The Morgan fingerprint density at radius 3 is 2.47 bits per heavy atom. The van der Waals surface area contributed by atoms with Gasteiger partial charge in [0.1, 0.15) is 5.75 Å². The summed E-state index contributed by atoms with van der Waals surface area (Å²) in [5.74, 6) is 0.380. The maximum Gasteiger partial charge on any atom is 0.251 e. The van der Waals surface area contributed by atoms with E-state index in [4.69, 9.17) is 4.74 Å². The highest BCUT2D eigenvalue weighted by molar-refractivity contribution is 5.98. The van der Waals surface area contributed by atoms with Gasteiger partial charge in [-0.3, -0.25) is 9.59 Å². The number of ether oxygens (including phenoxy) is 1. The van der Waals surface area contributed by atoms with Crippen molar-refractivity contribution in [3.63, 3.8) is 0 Å². The van der Waals surface area contributed by atoms with E-state index in [-0.39, 0.29) is 18.4 Å². The molecule has 0 aromatic heterocycles. The van der Waals surface area contributed by atoms with Gasteiger partial charge in [0.25, 0.3) is 5.91 Å². The third kappa shape index (κ3) is 7.47. The van der Waals surface area contributed by atoms with Crippen molar-refractivity contribution in [2.45, 2.75) is 26.3 Å². The quantitative estimate of drug-likeness (QED) is 0.379. The van der Waals surface area contributed by atoms with E-state index in [9.17, 15) is 9.59 Å². The Hall–Kier alpha value is -3.80. The Kier molecular flexibility index (Phi) is 8.69. The van der Waals surface area contributed by atoms with Crippen LogP contribution in [0.3, 0.4) is 0 Å². The minimum absolute atomic E-state index is 0.100. The summed E-state index contributed by atoms with van der Waals surface area (Å²) in [5.41, 5.74) is 2.89. The van der Waals surface area contributed by atoms with Gasteiger partial charge in [-0.15, -0.1) is 0 Å². The highest BCUT2D eigenvalue weighted by Crippen LogP contribution is 2.18. The Morgan fingerprint density at radius 1 is 0.875 bits per heavy atom. The van der Waals surface area contributed by atoms with E-state index >= 15 is 0 Å². The molecule has 0 bridgehead atoms. The fourth-order valence-electron chi connectivity index (χ4n) is 3.04. The lowest BCUT2D eigenvalue weighted by atomic mass is 10.1. The van der Waals surface area contributed by atoms with Crippen LogP contribution in [-0.2, 0) is 11.3 Å². The maximum atomic E-state index is 12.4. The number of unbranched alkanes of at least 4 members (excludes halogenated alkanes) is 1. The Morgan fingerprint density at radius 2 is 1.66 bits per heavy atom. The Balaban J connectivity index is 1.49. The van der Waals surface area contributed by atoms with Crippen LogP contribution in [0.4, 0.5) is 11.4 Å². The molecule has 0 aliphatic carbocycles. The van der Waals surface area contributed by atoms with Crippen LogP contribution in [0.5, 0.6) is 5.75 Å². The number of benzene rings is 3. The van der Waals surface area contributed by atoms with Gasteiger partial charge in [-0.25, -0.2) is 0 Å². The van der Waals surface area contributed by atoms with E-state index in [0.29, 0.717) is 24.4 Å². The molecule has 3 aromatic carbocycles. The number of hydrogen-bond acceptors (Lipinski definition) is 4. The van der Waals surface area contributed by atoms with Crippen molar-refractivity contribution in [3.8, 4) is 5.75 Å². The van der Waals surface area contributed by atoms with Gasteiger partial charge in [-0.05, 0) is 42.3 Å². The zero-order valence-corrected chi connectivity index (χ0v) is 18.3. The average Bonchev–Trinajstić information content (AvgIpc) is 2.82. The van der Waals surface area contributed by atoms with E-state index in [1.54, 1.807) is 24.3 Å². The summed E-state index contributed by atoms with van der Waals surface area (Å²) in [5, 5.41) is 8.82. The number of carbonyl (C=O) groups excluding carboxylic acids is 2. The van der Waals surface area contributed by atoms with Crippen LogP contribution >= 0.6 is 0 Å². The molecule has 0 aliphatic rings. The average molecular weight is 432 g/mol. The van der Waals surface area contributed by atoms with E-state index in [2.05, 4.69) is 22.9 Å². The van der Waals surface area contributed by atoms with E-state index < -0.39 is 0 Å². The predicted octanol–water partition coefficient (Wildman–Crippen LogP) is 4.85. The second-order valence-corrected chi connectivity index (χ2v) is 7.38. The van der Waals surface area contributed by atoms with Crippen LogP contribution < -0.4 is 20.7 Å². The minimum atomic E-state index is -0.204. The first-order valence-corrected chi connectivity index (χ1v) is 10.8. The van der Waals surface area contributed by atoms with Crippen LogP contribution in [-0.4, -0.2) is 25.0 Å². The summed E-state index contributed by atoms with van der Waals surface area (Å²) in [6.45, 7) is 3.34. The van der Waals surface area contributed by atoms with Crippen LogP contribution in [0.2, 0.25) is 0 Å². The Labute approximate surface area is 189 Å². The SMILES string of the molecule is CCCCOc1cccc(NCC(=O)Nc2cccc(C(=O)NCc3ccccc3)c2)c1. The van der Waals surface area contributed by atoms with Gasteiger partial charge >= 0.3 is 0 Å². The third-order valence-electron chi connectivity index (χ3n) is 4.76. The minimum Gasteiger partial charge on any atom is -0.494 e. The lowest BCUT2D eigenvalue weighted by Gasteiger charge is -2.11. The number of amides is 2. The first-order valence-electron chi connectivity index (χ1n) is 10.8. The molecule has 0 atom stereocenters. The van der Waals surface area contributed by atoms with Gasteiger partial charge in [0.2, 0.25) is 5.91 Å². The lowest BCUT2D eigenvalue weighted by molar-refractivity contribution is -0.114. The van der Waals surface area contributed by atoms with Crippen molar-refractivity contribution >= 4 is 23.2 Å². The van der Waals surface area contributed by atoms with Gasteiger partial charge in [0.15, 0.2) is 0 Å². The van der Waals surface area contributed by atoms with Gasteiger partial charge in [0.05, 0.1) is 13.2 Å². The number of hydrogen-bond donors (Lipinski definition) is 3. The molecule has 6 heteroatoms. The molecule has 0 unspecified atom stereocenters. The van der Waals surface area contributed by atoms with Gasteiger partial charge in [0, 0.05) is 29.5 Å². The zero-order valence-electron chi connectivity index (χ0n) is 18.3. The topological polar surface area (TPSA) is 79.5 Å². The molecule has 3 aromatic rings. The largest absolute Gasteiger partial charge is 0.494 e. The maximum absolute atomic E-state index is 12.4. The first-order chi connectivity index (χ1) is 15.6. The van der Waals surface area contributed by atoms with Crippen molar-refractivity contribution in [1.82, 2.24) is 5.32 Å². The summed E-state index contributed by atoms with van der Waals surface area (Å²) >= 11 is 0. The summed E-state index contributed by atoms with van der Waals surface area (Å²) in [4.78, 5) is 24.8. The third-order valence-corrected chi connectivity index (χ3v) is 4.76. The number of carbonyl (C=O) groups is 2. The molecule has 2 amide bonds. The van der Waals surface area contributed by atoms with Crippen LogP contribution in [0.25, 0.3) is 0 Å². The zero-order chi connectivity index (χ0) is 22.6. The van der Waals surface area contributed by atoms with Crippen LogP contribution in [0, 0.1) is 0 Å². The highest BCUT2D eigenvalue weighted by Gasteiger charge is 2.08. The van der Waals surface area contributed by atoms with Crippen LogP contribution in [0.1, 0.15) is 35.7 Å². The molecule has 6 nitrogen and oxygen atoms in total. The standard InChI is InChI=1S/C26H29N3O3/c1-2-3-15-32-24-14-8-12-22(17-24)27-19-25(30)29-23-13-7-11-21(16-23)26(31)28-18-20-9-5-4-6-10-20/h4-14,16-17,27H,2-3,15,18-19H2,1H3,(H,28,31)(H,29,30). The van der Waals surface area contributed by atoms with E-state index in [0.717, 1.165) is 29.8 Å². The monoisotopic (exact) mass is 431 g/mol. The predicted molar refractivity (Wildman–Crippen MR) is 128 cm³/mol. The molecular weight excluding hydrogens is 402 g/mol. The van der Waals surface area contributed by atoms with E-state index in [1.165, 1.54) is 0 Å². The molecule has 0 fully saturated rings. The van der Waals surface area contributed by atoms with Gasteiger partial charge < -0.3 is 20.7 Å². The van der Waals surface area contributed by atoms with Crippen molar-refractivity contribution in [2.24, 2.45) is 0 Å². The molecule has 3 rings (SSSR count). The van der Waals surface area contributed by atoms with Crippen molar-refractivity contribution in [3.05, 3.63) is 90.0 Å². The molecule has 166 valence electrons. The molecule has 0 aliphatic heterocycles. The number of nitrogens with one attached hydrogen (secondary N) is 3. The van der Waals surface area contributed by atoms with Crippen molar-refractivity contribution in [2.75, 3.05) is 23.8 Å².